The average Bonchev–Trinajstić information content (AvgIpc) is 3.02. The van der Waals surface area contributed by atoms with Crippen molar-refractivity contribution in [1.29, 1.82) is 0 Å². The quantitative estimate of drug-likeness (QED) is 0.742. The van der Waals surface area contributed by atoms with Crippen LogP contribution in [-0.4, -0.2) is 39.1 Å². The first-order valence-corrected chi connectivity index (χ1v) is 8.67. The average molecular weight is 413 g/mol. The molecule has 2 heterocycles. The predicted octanol–water partition coefficient (Wildman–Crippen LogP) is 3.23. The number of dihydropyridines is 1. The molecule has 0 saturated heterocycles. The Morgan fingerprint density at radius 1 is 1.31 bits per heavy atom. The van der Waals surface area contributed by atoms with E-state index >= 15 is 0 Å². The molecule has 10 heteroatoms. The number of allylic oxidation sites excluding steroid dienone is 1. The molecule has 2 aliphatic rings. The van der Waals surface area contributed by atoms with Crippen LogP contribution in [0.2, 0.25) is 0 Å². The summed E-state index contributed by atoms with van der Waals surface area (Å²) in [4.78, 5) is 24.3. The highest BCUT2D eigenvalue weighted by Gasteiger charge is 2.45. The molecule has 1 atom stereocenters. The van der Waals surface area contributed by atoms with Crippen LogP contribution in [-0.2, 0) is 29.9 Å². The van der Waals surface area contributed by atoms with E-state index in [9.17, 15) is 22.8 Å². The van der Waals surface area contributed by atoms with Crippen molar-refractivity contribution in [3.8, 4) is 0 Å². The number of alkyl halides is 3. The third-order valence-corrected chi connectivity index (χ3v) is 4.36. The van der Waals surface area contributed by atoms with Gasteiger partial charge in [0.2, 0.25) is 0 Å². The normalized spacial score (nSPS) is 18.9. The third kappa shape index (κ3) is 4.07. The minimum Gasteiger partial charge on any atom is -0.456 e. The molecular formula is C19H18F3NO6. The first kappa shape index (κ1) is 20.7. The molecule has 1 aromatic carbocycles. The summed E-state index contributed by atoms with van der Waals surface area (Å²) in [6.07, 6.45) is -5.80. The van der Waals surface area contributed by atoms with Gasteiger partial charge in [0.1, 0.15) is 12.4 Å². The lowest BCUT2D eigenvalue weighted by Crippen LogP contribution is -2.32. The first-order chi connectivity index (χ1) is 13.8. The van der Waals surface area contributed by atoms with Crippen molar-refractivity contribution in [1.82, 2.24) is 5.32 Å². The summed E-state index contributed by atoms with van der Waals surface area (Å²) in [5, 5.41) is 2.88. The van der Waals surface area contributed by atoms with Crippen molar-refractivity contribution in [2.24, 2.45) is 0 Å². The Bertz CT molecular complexity index is 890. The minimum atomic E-state index is -4.69. The Morgan fingerprint density at radius 3 is 2.69 bits per heavy atom. The van der Waals surface area contributed by atoms with Gasteiger partial charge in [0.15, 0.2) is 0 Å². The van der Waals surface area contributed by atoms with Crippen LogP contribution in [0.5, 0.6) is 0 Å². The van der Waals surface area contributed by atoms with Gasteiger partial charge in [0.05, 0.1) is 41.7 Å². The molecule has 0 radical (unpaired) electrons. The predicted molar refractivity (Wildman–Crippen MR) is 92.3 cm³/mol. The number of rotatable bonds is 5. The van der Waals surface area contributed by atoms with Gasteiger partial charge in [-0.3, -0.25) is 0 Å². The third-order valence-electron chi connectivity index (χ3n) is 4.36. The van der Waals surface area contributed by atoms with Gasteiger partial charge in [-0.1, -0.05) is 18.2 Å². The maximum atomic E-state index is 13.7. The van der Waals surface area contributed by atoms with E-state index in [2.05, 4.69) is 5.32 Å². The lowest BCUT2D eigenvalue weighted by atomic mass is 9.83. The van der Waals surface area contributed by atoms with Gasteiger partial charge in [-0.2, -0.15) is 13.2 Å². The number of carbonyl (C=O) groups is 2. The number of methoxy groups -OCH3 is 1. The van der Waals surface area contributed by atoms with Crippen molar-refractivity contribution in [3.05, 3.63) is 58.1 Å². The molecule has 1 N–H and O–H groups in total. The fraction of sp³-hybridized carbons (Fsp3) is 0.368. The smallest absolute Gasteiger partial charge is 0.456 e. The number of nitrogens with one attached hydrogen (secondary N) is 1. The molecular weight excluding hydrogens is 395 g/mol. The molecule has 7 nitrogen and oxygen atoms in total. The second-order valence-corrected chi connectivity index (χ2v) is 6.17. The summed E-state index contributed by atoms with van der Waals surface area (Å²) >= 11 is 0. The Morgan fingerprint density at radius 2 is 2.03 bits per heavy atom. The number of benzene rings is 1. The number of hydrogen-bond donors (Lipinski definition) is 1. The summed E-state index contributed by atoms with van der Waals surface area (Å²) in [6.45, 7) is 1.30. The SMILES string of the molecule is CCOC(=O)OC1=C(COC)NC2=C(C(=O)OC2)C1c1ccccc1C(F)(F)F. The molecule has 156 valence electrons. The zero-order valence-electron chi connectivity index (χ0n) is 15.6. The number of ether oxygens (including phenoxy) is 4. The number of cyclic esters (lactones) is 1. The van der Waals surface area contributed by atoms with Gasteiger partial charge in [-0.05, 0) is 18.6 Å². The van der Waals surface area contributed by atoms with Crippen LogP contribution in [0.4, 0.5) is 18.0 Å². The van der Waals surface area contributed by atoms with Crippen LogP contribution < -0.4 is 5.32 Å². The van der Waals surface area contributed by atoms with Crippen LogP contribution in [0.15, 0.2) is 47.0 Å². The van der Waals surface area contributed by atoms with Gasteiger partial charge in [-0.15, -0.1) is 0 Å². The number of hydrogen-bond acceptors (Lipinski definition) is 7. The van der Waals surface area contributed by atoms with Crippen molar-refractivity contribution in [2.45, 2.75) is 19.0 Å². The monoisotopic (exact) mass is 413 g/mol. The van der Waals surface area contributed by atoms with E-state index in [1.165, 1.54) is 25.3 Å². The number of halogens is 3. The largest absolute Gasteiger partial charge is 0.513 e. The summed E-state index contributed by atoms with van der Waals surface area (Å²) < 4.78 is 61.2. The Balaban J connectivity index is 2.20. The highest BCUT2D eigenvalue weighted by atomic mass is 19.4. The van der Waals surface area contributed by atoms with Gasteiger partial charge < -0.3 is 24.3 Å². The van der Waals surface area contributed by atoms with Gasteiger partial charge >= 0.3 is 18.3 Å². The summed E-state index contributed by atoms with van der Waals surface area (Å²) in [5.74, 6) is -2.33. The Labute approximate surface area is 164 Å². The molecule has 3 rings (SSSR count). The maximum Gasteiger partial charge on any atom is 0.513 e. The molecule has 1 unspecified atom stereocenters. The fourth-order valence-electron chi connectivity index (χ4n) is 3.27. The van der Waals surface area contributed by atoms with Crippen LogP contribution in [0.1, 0.15) is 24.0 Å². The lowest BCUT2D eigenvalue weighted by molar-refractivity contribution is -0.139. The van der Waals surface area contributed by atoms with Gasteiger partial charge in [0.25, 0.3) is 0 Å². The Hall–Kier alpha value is -3.01. The summed E-state index contributed by atoms with van der Waals surface area (Å²) in [5.41, 5.74) is -0.776. The van der Waals surface area contributed by atoms with E-state index in [1.807, 2.05) is 0 Å². The zero-order valence-corrected chi connectivity index (χ0v) is 15.6. The molecule has 0 aromatic heterocycles. The maximum absolute atomic E-state index is 13.7. The van der Waals surface area contributed by atoms with Crippen LogP contribution in [0, 0.1) is 0 Å². The van der Waals surface area contributed by atoms with Gasteiger partial charge in [0, 0.05) is 7.11 Å². The van der Waals surface area contributed by atoms with E-state index < -0.39 is 29.8 Å². The highest BCUT2D eigenvalue weighted by Crippen LogP contribution is 2.45. The van der Waals surface area contributed by atoms with E-state index in [4.69, 9.17) is 18.9 Å². The zero-order chi connectivity index (χ0) is 21.2. The number of esters is 1. The van der Waals surface area contributed by atoms with E-state index in [1.54, 1.807) is 6.92 Å². The molecule has 0 amide bonds. The van der Waals surface area contributed by atoms with Crippen LogP contribution >= 0.6 is 0 Å². The van der Waals surface area contributed by atoms with Crippen LogP contribution in [0.3, 0.4) is 0 Å². The van der Waals surface area contributed by atoms with Crippen molar-refractivity contribution < 1.29 is 41.7 Å². The lowest BCUT2D eigenvalue weighted by Gasteiger charge is -2.30. The van der Waals surface area contributed by atoms with Crippen molar-refractivity contribution >= 4 is 12.1 Å². The topological polar surface area (TPSA) is 83.1 Å². The fourth-order valence-corrected chi connectivity index (χ4v) is 3.27. The van der Waals surface area contributed by atoms with Gasteiger partial charge in [-0.25, -0.2) is 9.59 Å². The van der Waals surface area contributed by atoms with Crippen LogP contribution in [0.25, 0.3) is 0 Å². The first-order valence-electron chi connectivity index (χ1n) is 8.67. The summed E-state index contributed by atoms with van der Waals surface area (Å²) in [7, 11) is 1.37. The second kappa shape index (κ2) is 8.16. The Kier molecular flexibility index (Phi) is 5.83. The van der Waals surface area contributed by atoms with E-state index in [0.717, 1.165) is 6.07 Å². The van der Waals surface area contributed by atoms with Crippen molar-refractivity contribution in [3.63, 3.8) is 0 Å². The minimum absolute atomic E-state index is 0.00105. The second-order valence-electron chi connectivity index (χ2n) is 6.17. The molecule has 0 aliphatic carbocycles. The standard InChI is InChI=1S/C19H18F3NO6/c1-3-27-18(25)29-16-13(8-26-2)23-12-9-28-17(24)15(12)14(16)10-6-4-5-7-11(10)19(20,21)22/h4-7,14,23H,3,8-9H2,1-2H3. The highest BCUT2D eigenvalue weighted by molar-refractivity contribution is 5.95. The molecule has 0 fully saturated rings. The molecule has 29 heavy (non-hydrogen) atoms. The summed E-state index contributed by atoms with van der Waals surface area (Å²) in [6, 6.07) is 4.77. The molecule has 0 spiro atoms. The molecule has 0 bridgehead atoms. The van der Waals surface area contributed by atoms with E-state index in [-0.39, 0.29) is 42.4 Å². The number of carbonyl (C=O) groups excluding carboxylic acids is 2. The van der Waals surface area contributed by atoms with Crippen molar-refractivity contribution in [2.75, 3.05) is 26.9 Å². The molecule has 0 saturated carbocycles. The molecule has 1 aromatic rings. The molecule has 2 aliphatic heterocycles. The van der Waals surface area contributed by atoms with E-state index in [0.29, 0.717) is 5.70 Å².